The van der Waals surface area contributed by atoms with Gasteiger partial charge in [0.25, 0.3) is 5.91 Å². The van der Waals surface area contributed by atoms with Gasteiger partial charge in [0, 0.05) is 12.6 Å². The van der Waals surface area contributed by atoms with Gasteiger partial charge in [-0.25, -0.2) is 4.79 Å². The summed E-state index contributed by atoms with van der Waals surface area (Å²) in [5, 5.41) is 10.8. The van der Waals surface area contributed by atoms with E-state index in [-0.39, 0.29) is 12.6 Å². The highest BCUT2D eigenvalue weighted by atomic mass is 19.1. The van der Waals surface area contributed by atoms with Gasteiger partial charge in [-0.05, 0) is 32.8 Å². The zero-order valence-electron chi connectivity index (χ0n) is 12.8. The fraction of sp³-hybridized carbons (Fsp3) is 0.467. The molecule has 1 aliphatic heterocycles. The number of esters is 1. The number of hydrogen-bond acceptors (Lipinski definition) is 5. The Morgan fingerprint density at radius 2 is 2.13 bits per heavy atom. The molecule has 1 amide bonds. The molecule has 0 aromatic heterocycles. The molecule has 0 bridgehead atoms. The minimum atomic E-state index is -1.19. The lowest BCUT2D eigenvalue weighted by molar-refractivity contribution is -0.387. The highest BCUT2D eigenvalue weighted by molar-refractivity contribution is 5.98. The highest BCUT2D eigenvalue weighted by Gasteiger charge is 2.37. The lowest BCUT2D eigenvalue weighted by atomic mass is 10.1. The fourth-order valence-electron chi connectivity index (χ4n) is 2.55. The molecule has 23 heavy (non-hydrogen) atoms. The van der Waals surface area contributed by atoms with E-state index in [0.717, 1.165) is 6.07 Å². The van der Waals surface area contributed by atoms with Crippen LogP contribution in [0.1, 0.15) is 37.0 Å². The molecule has 1 heterocycles. The third-order valence-corrected chi connectivity index (χ3v) is 3.54. The predicted octanol–water partition coefficient (Wildman–Crippen LogP) is 2.29. The van der Waals surface area contributed by atoms with E-state index in [1.165, 1.54) is 17.0 Å². The zero-order chi connectivity index (χ0) is 17.1. The third kappa shape index (κ3) is 3.46. The molecular weight excluding hydrogens is 307 g/mol. The van der Waals surface area contributed by atoms with E-state index >= 15 is 0 Å². The molecule has 0 saturated carbocycles. The van der Waals surface area contributed by atoms with Crippen LogP contribution in [0.2, 0.25) is 0 Å². The van der Waals surface area contributed by atoms with Gasteiger partial charge >= 0.3 is 11.7 Å². The molecule has 8 heteroatoms. The number of nitrogens with zero attached hydrogens (tertiary/aromatic N) is 2. The van der Waals surface area contributed by atoms with Crippen molar-refractivity contribution in [3.05, 3.63) is 39.7 Å². The SMILES string of the molecule is CC(C)OC(=O)C1CCCN1C(=O)c1cccc([N+](=O)[O-])c1F. The number of hydrogen-bond donors (Lipinski definition) is 0. The first-order chi connectivity index (χ1) is 10.8. The molecule has 0 spiro atoms. The summed E-state index contributed by atoms with van der Waals surface area (Å²) in [7, 11) is 0. The molecule has 0 N–H and O–H groups in total. The number of ether oxygens (including phenoxy) is 1. The monoisotopic (exact) mass is 324 g/mol. The van der Waals surface area contributed by atoms with Gasteiger partial charge in [-0.3, -0.25) is 14.9 Å². The summed E-state index contributed by atoms with van der Waals surface area (Å²) in [6.07, 6.45) is 0.683. The second kappa shape index (κ2) is 6.72. The average Bonchev–Trinajstić information content (AvgIpc) is 2.95. The van der Waals surface area contributed by atoms with Crippen molar-refractivity contribution in [1.29, 1.82) is 0 Å². The van der Waals surface area contributed by atoms with Crippen LogP contribution in [0.15, 0.2) is 18.2 Å². The molecule has 2 rings (SSSR count). The van der Waals surface area contributed by atoms with Gasteiger partial charge in [0.2, 0.25) is 5.82 Å². The number of nitro benzene ring substituents is 1. The zero-order valence-corrected chi connectivity index (χ0v) is 12.8. The summed E-state index contributed by atoms with van der Waals surface area (Å²) < 4.78 is 19.3. The molecule has 1 atom stereocenters. The first kappa shape index (κ1) is 16.9. The van der Waals surface area contributed by atoms with Gasteiger partial charge in [-0.1, -0.05) is 6.07 Å². The van der Waals surface area contributed by atoms with Crippen LogP contribution in [0.25, 0.3) is 0 Å². The van der Waals surface area contributed by atoms with Crippen LogP contribution in [-0.4, -0.2) is 40.4 Å². The maximum Gasteiger partial charge on any atom is 0.329 e. The van der Waals surface area contributed by atoms with Crippen molar-refractivity contribution in [3.63, 3.8) is 0 Å². The van der Waals surface area contributed by atoms with Crippen LogP contribution in [0.3, 0.4) is 0 Å². The Morgan fingerprint density at radius 3 is 2.74 bits per heavy atom. The number of likely N-dealkylation sites (tertiary alicyclic amines) is 1. The Balaban J connectivity index is 2.28. The van der Waals surface area contributed by atoms with Crippen LogP contribution in [0.5, 0.6) is 0 Å². The van der Waals surface area contributed by atoms with E-state index in [1.54, 1.807) is 13.8 Å². The number of halogens is 1. The number of nitro groups is 1. The molecule has 1 fully saturated rings. The predicted molar refractivity (Wildman–Crippen MR) is 78.3 cm³/mol. The minimum Gasteiger partial charge on any atom is -0.461 e. The molecule has 124 valence electrons. The van der Waals surface area contributed by atoms with Crippen molar-refractivity contribution >= 4 is 17.6 Å². The molecule has 1 saturated heterocycles. The van der Waals surface area contributed by atoms with Crippen molar-refractivity contribution in [2.75, 3.05) is 6.54 Å². The lowest BCUT2D eigenvalue weighted by Crippen LogP contribution is -2.42. The molecule has 0 radical (unpaired) electrons. The maximum atomic E-state index is 14.2. The minimum absolute atomic E-state index is 0.277. The standard InChI is InChI=1S/C15H17FN2O5/c1-9(2)23-15(20)12-7-4-8-17(12)14(19)10-5-3-6-11(13(10)16)18(21)22/h3,5-6,9,12H,4,7-8H2,1-2H3. The van der Waals surface area contributed by atoms with Crippen molar-refractivity contribution in [2.24, 2.45) is 0 Å². The van der Waals surface area contributed by atoms with Gasteiger partial charge in [-0.15, -0.1) is 0 Å². The quantitative estimate of drug-likeness (QED) is 0.481. The van der Waals surface area contributed by atoms with Crippen molar-refractivity contribution in [3.8, 4) is 0 Å². The number of rotatable bonds is 4. The van der Waals surface area contributed by atoms with Gasteiger partial charge in [0.05, 0.1) is 16.6 Å². The molecule has 1 unspecified atom stereocenters. The Hall–Kier alpha value is -2.51. The maximum absolute atomic E-state index is 14.2. The number of carbonyl (C=O) groups is 2. The van der Waals surface area contributed by atoms with E-state index in [1.807, 2.05) is 0 Å². The Morgan fingerprint density at radius 1 is 1.43 bits per heavy atom. The molecule has 0 aliphatic carbocycles. The molecule has 7 nitrogen and oxygen atoms in total. The van der Waals surface area contributed by atoms with Gasteiger partial charge < -0.3 is 9.64 Å². The average molecular weight is 324 g/mol. The van der Waals surface area contributed by atoms with Crippen molar-refractivity contribution in [2.45, 2.75) is 38.8 Å². The van der Waals surface area contributed by atoms with Gasteiger partial charge in [0.15, 0.2) is 0 Å². The largest absolute Gasteiger partial charge is 0.461 e. The fourth-order valence-corrected chi connectivity index (χ4v) is 2.55. The molecular formula is C15H17FN2O5. The van der Waals surface area contributed by atoms with E-state index < -0.39 is 39.9 Å². The number of carbonyl (C=O) groups excluding carboxylic acids is 2. The van der Waals surface area contributed by atoms with Crippen LogP contribution in [-0.2, 0) is 9.53 Å². The van der Waals surface area contributed by atoms with Crippen LogP contribution >= 0.6 is 0 Å². The summed E-state index contributed by atoms with van der Waals surface area (Å²) in [5.74, 6) is -2.48. The number of benzene rings is 1. The Labute approximate surface area is 132 Å². The topological polar surface area (TPSA) is 89.8 Å². The normalized spacial score (nSPS) is 17.4. The van der Waals surface area contributed by atoms with Crippen LogP contribution in [0, 0.1) is 15.9 Å². The summed E-state index contributed by atoms with van der Waals surface area (Å²) in [4.78, 5) is 35.6. The number of amides is 1. The Kier molecular flexibility index (Phi) is 4.92. The van der Waals surface area contributed by atoms with E-state index in [2.05, 4.69) is 0 Å². The second-order valence-corrected chi connectivity index (χ2v) is 5.54. The van der Waals surface area contributed by atoms with Gasteiger partial charge in [-0.2, -0.15) is 4.39 Å². The summed E-state index contributed by atoms with van der Waals surface area (Å²) in [5.41, 5.74) is -1.18. The van der Waals surface area contributed by atoms with E-state index in [0.29, 0.717) is 12.8 Å². The summed E-state index contributed by atoms with van der Waals surface area (Å²) in [6.45, 7) is 3.66. The molecule has 1 aromatic carbocycles. The van der Waals surface area contributed by atoms with Crippen LogP contribution < -0.4 is 0 Å². The second-order valence-electron chi connectivity index (χ2n) is 5.54. The van der Waals surface area contributed by atoms with Crippen molar-refractivity contribution < 1.29 is 23.6 Å². The first-order valence-corrected chi connectivity index (χ1v) is 7.27. The third-order valence-electron chi connectivity index (χ3n) is 3.54. The van der Waals surface area contributed by atoms with Crippen molar-refractivity contribution in [1.82, 2.24) is 4.90 Å². The van der Waals surface area contributed by atoms with Crippen LogP contribution in [0.4, 0.5) is 10.1 Å². The summed E-state index contributed by atoms with van der Waals surface area (Å²) in [6, 6.07) is 2.61. The highest BCUT2D eigenvalue weighted by Crippen LogP contribution is 2.26. The smallest absolute Gasteiger partial charge is 0.329 e. The Bertz CT molecular complexity index is 647. The molecule has 1 aliphatic rings. The molecule has 1 aromatic rings. The van der Waals surface area contributed by atoms with E-state index in [4.69, 9.17) is 4.74 Å². The first-order valence-electron chi connectivity index (χ1n) is 7.27. The lowest BCUT2D eigenvalue weighted by Gasteiger charge is -2.24. The summed E-state index contributed by atoms with van der Waals surface area (Å²) >= 11 is 0. The van der Waals surface area contributed by atoms with E-state index in [9.17, 15) is 24.1 Å². The van der Waals surface area contributed by atoms with Gasteiger partial charge in [0.1, 0.15) is 6.04 Å².